The van der Waals surface area contributed by atoms with Gasteiger partial charge < -0.3 is 11.1 Å². The van der Waals surface area contributed by atoms with E-state index < -0.39 is 0 Å². The Hall–Kier alpha value is -1.58. The van der Waals surface area contributed by atoms with Crippen LogP contribution in [0.15, 0.2) is 18.5 Å². The van der Waals surface area contributed by atoms with Gasteiger partial charge in [-0.3, -0.25) is 9.78 Å². The smallest absolute Gasteiger partial charge is 0.253 e. The highest BCUT2D eigenvalue weighted by Gasteiger charge is 2.06. The number of nitrogens with two attached hydrogens (primary N) is 1. The maximum Gasteiger partial charge on any atom is 0.253 e. The van der Waals surface area contributed by atoms with E-state index in [0.29, 0.717) is 17.8 Å². The highest BCUT2D eigenvalue weighted by atomic mass is 16.1. The molecule has 0 spiro atoms. The number of nitrogens with one attached hydrogen (secondary N) is 1. The summed E-state index contributed by atoms with van der Waals surface area (Å²) in [6.45, 7) is 2.45. The number of anilines is 1. The molecule has 0 aliphatic carbocycles. The first-order valence-corrected chi connectivity index (χ1v) is 3.73. The Morgan fingerprint density at radius 1 is 1.75 bits per heavy atom. The third-order valence-electron chi connectivity index (χ3n) is 1.43. The molecular weight excluding hydrogens is 154 g/mol. The average Bonchev–Trinajstić information content (AvgIpc) is 2.05. The standard InChI is InChI=1S/C8H11N3O/c1-2-11-8(12)6-3-4-10-5-7(6)9/h3-5H,2,9H2,1H3,(H,11,12). The van der Waals surface area contributed by atoms with Crippen molar-refractivity contribution in [2.24, 2.45) is 0 Å². The molecule has 0 saturated heterocycles. The summed E-state index contributed by atoms with van der Waals surface area (Å²) in [5, 5.41) is 2.66. The Balaban J connectivity index is 2.87. The van der Waals surface area contributed by atoms with Gasteiger partial charge in [0.25, 0.3) is 5.91 Å². The van der Waals surface area contributed by atoms with Crippen LogP contribution in [0.2, 0.25) is 0 Å². The summed E-state index contributed by atoms with van der Waals surface area (Å²) in [6, 6.07) is 1.60. The second kappa shape index (κ2) is 3.71. The number of amides is 1. The minimum Gasteiger partial charge on any atom is -0.397 e. The van der Waals surface area contributed by atoms with E-state index in [2.05, 4.69) is 10.3 Å². The van der Waals surface area contributed by atoms with E-state index in [1.165, 1.54) is 6.20 Å². The van der Waals surface area contributed by atoms with E-state index in [1.54, 1.807) is 12.3 Å². The molecule has 0 saturated carbocycles. The van der Waals surface area contributed by atoms with E-state index in [4.69, 9.17) is 5.73 Å². The fourth-order valence-electron chi connectivity index (χ4n) is 0.869. The van der Waals surface area contributed by atoms with Gasteiger partial charge in [0.2, 0.25) is 0 Å². The van der Waals surface area contributed by atoms with Gasteiger partial charge in [-0.2, -0.15) is 0 Å². The van der Waals surface area contributed by atoms with E-state index in [9.17, 15) is 4.79 Å². The topological polar surface area (TPSA) is 68.0 Å². The van der Waals surface area contributed by atoms with Crippen molar-refractivity contribution in [2.45, 2.75) is 6.92 Å². The molecule has 0 aliphatic rings. The average molecular weight is 165 g/mol. The molecular formula is C8H11N3O. The van der Waals surface area contributed by atoms with E-state index in [0.717, 1.165) is 0 Å². The van der Waals surface area contributed by atoms with Crippen molar-refractivity contribution in [2.75, 3.05) is 12.3 Å². The molecule has 1 aromatic heterocycles. The first kappa shape index (κ1) is 8.52. The fraction of sp³-hybridized carbons (Fsp3) is 0.250. The zero-order valence-electron chi connectivity index (χ0n) is 6.87. The minimum atomic E-state index is -0.155. The monoisotopic (exact) mass is 165 g/mol. The lowest BCUT2D eigenvalue weighted by molar-refractivity contribution is 0.0956. The van der Waals surface area contributed by atoms with E-state index in [1.807, 2.05) is 6.92 Å². The first-order valence-electron chi connectivity index (χ1n) is 3.73. The summed E-state index contributed by atoms with van der Waals surface area (Å²) < 4.78 is 0. The largest absolute Gasteiger partial charge is 0.397 e. The summed E-state index contributed by atoms with van der Waals surface area (Å²) in [7, 11) is 0. The van der Waals surface area contributed by atoms with Crippen LogP contribution in [0.25, 0.3) is 0 Å². The summed E-state index contributed by atoms with van der Waals surface area (Å²) in [6.07, 6.45) is 3.01. The lowest BCUT2D eigenvalue weighted by Gasteiger charge is -2.03. The van der Waals surface area contributed by atoms with Crippen molar-refractivity contribution in [1.82, 2.24) is 10.3 Å². The molecule has 3 N–H and O–H groups in total. The molecule has 12 heavy (non-hydrogen) atoms. The van der Waals surface area contributed by atoms with Crippen molar-refractivity contribution in [3.8, 4) is 0 Å². The molecule has 1 aromatic rings. The quantitative estimate of drug-likeness (QED) is 0.667. The van der Waals surface area contributed by atoms with Gasteiger partial charge in [-0.15, -0.1) is 0 Å². The summed E-state index contributed by atoms with van der Waals surface area (Å²) >= 11 is 0. The number of rotatable bonds is 2. The predicted octanol–water partition coefficient (Wildman–Crippen LogP) is 0.414. The molecule has 0 fully saturated rings. The van der Waals surface area contributed by atoms with Crippen molar-refractivity contribution in [3.63, 3.8) is 0 Å². The molecule has 0 unspecified atom stereocenters. The second-order valence-electron chi connectivity index (χ2n) is 2.32. The number of aromatic nitrogens is 1. The minimum absolute atomic E-state index is 0.155. The lowest BCUT2D eigenvalue weighted by Crippen LogP contribution is -2.23. The molecule has 1 rings (SSSR count). The molecule has 0 bridgehead atoms. The molecule has 0 atom stereocenters. The highest BCUT2D eigenvalue weighted by molar-refractivity contribution is 5.98. The van der Waals surface area contributed by atoms with Crippen molar-refractivity contribution in [3.05, 3.63) is 24.0 Å². The fourth-order valence-corrected chi connectivity index (χ4v) is 0.869. The Morgan fingerprint density at radius 3 is 3.08 bits per heavy atom. The Labute approximate surface area is 70.8 Å². The molecule has 0 aliphatic heterocycles. The molecule has 1 amide bonds. The highest BCUT2D eigenvalue weighted by Crippen LogP contribution is 2.07. The maximum absolute atomic E-state index is 11.2. The number of carbonyl (C=O) groups excluding carboxylic acids is 1. The first-order chi connectivity index (χ1) is 5.75. The SMILES string of the molecule is CCNC(=O)c1ccncc1N. The number of nitrogens with zero attached hydrogens (tertiary/aromatic N) is 1. The van der Waals surface area contributed by atoms with Gasteiger partial charge in [0.15, 0.2) is 0 Å². The van der Waals surface area contributed by atoms with Crippen LogP contribution in [0, 0.1) is 0 Å². The maximum atomic E-state index is 11.2. The van der Waals surface area contributed by atoms with E-state index >= 15 is 0 Å². The summed E-state index contributed by atoms with van der Waals surface area (Å²) in [5.41, 5.74) is 6.41. The third kappa shape index (κ3) is 1.72. The van der Waals surface area contributed by atoms with Crippen LogP contribution in [0.5, 0.6) is 0 Å². The molecule has 64 valence electrons. The molecule has 0 radical (unpaired) electrons. The Bertz CT molecular complexity index is 285. The normalized spacial score (nSPS) is 9.42. The van der Waals surface area contributed by atoms with Crippen molar-refractivity contribution in [1.29, 1.82) is 0 Å². The van der Waals surface area contributed by atoms with Gasteiger partial charge in [-0.25, -0.2) is 0 Å². The predicted molar refractivity (Wildman–Crippen MR) is 46.7 cm³/mol. The van der Waals surface area contributed by atoms with Gasteiger partial charge in [0.1, 0.15) is 0 Å². The van der Waals surface area contributed by atoms with Crippen LogP contribution in [0.4, 0.5) is 5.69 Å². The van der Waals surface area contributed by atoms with Gasteiger partial charge in [-0.05, 0) is 13.0 Å². The number of nitrogen functional groups attached to an aromatic ring is 1. The zero-order valence-corrected chi connectivity index (χ0v) is 6.87. The molecule has 4 nitrogen and oxygen atoms in total. The Kier molecular flexibility index (Phi) is 2.63. The number of pyridine rings is 1. The molecule has 4 heteroatoms. The van der Waals surface area contributed by atoms with Gasteiger partial charge in [0.05, 0.1) is 17.4 Å². The summed E-state index contributed by atoms with van der Waals surface area (Å²) in [4.78, 5) is 15.0. The summed E-state index contributed by atoms with van der Waals surface area (Å²) in [5.74, 6) is -0.155. The van der Waals surface area contributed by atoms with Crippen LogP contribution in [0.3, 0.4) is 0 Å². The second-order valence-corrected chi connectivity index (χ2v) is 2.32. The lowest BCUT2D eigenvalue weighted by atomic mass is 10.2. The number of hydrogen-bond donors (Lipinski definition) is 2. The van der Waals surface area contributed by atoms with Gasteiger partial charge in [-0.1, -0.05) is 0 Å². The zero-order chi connectivity index (χ0) is 8.97. The van der Waals surface area contributed by atoms with Crippen molar-refractivity contribution < 1.29 is 4.79 Å². The Morgan fingerprint density at radius 2 is 2.50 bits per heavy atom. The third-order valence-corrected chi connectivity index (χ3v) is 1.43. The van der Waals surface area contributed by atoms with Crippen LogP contribution >= 0.6 is 0 Å². The van der Waals surface area contributed by atoms with Crippen LogP contribution in [-0.4, -0.2) is 17.4 Å². The van der Waals surface area contributed by atoms with Crippen LogP contribution < -0.4 is 11.1 Å². The van der Waals surface area contributed by atoms with E-state index in [-0.39, 0.29) is 5.91 Å². The van der Waals surface area contributed by atoms with Crippen molar-refractivity contribution >= 4 is 11.6 Å². The van der Waals surface area contributed by atoms with Gasteiger partial charge >= 0.3 is 0 Å². The van der Waals surface area contributed by atoms with Crippen LogP contribution in [-0.2, 0) is 0 Å². The number of carbonyl (C=O) groups is 1. The van der Waals surface area contributed by atoms with Gasteiger partial charge in [0, 0.05) is 12.7 Å². The molecule has 0 aromatic carbocycles. The molecule has 1 heterocycles. The van der Waals surface area contributed by atoms with Crippen LogP contribution in [0.1, 0.15) is 17.3 Å². The number of hydrogen-bond acceptors (Lipinski definition) is 3.